The molecule has 0 amide bonds. The number of aliphatic hydroxyl groups excluding tert-OH is 1. The van der Waals surface area contributed by atoms with Crippen LogP contribution in [0.25, 0.3) is 0 Å². The van der Waals surface area contributed by atoms with Gasteiger partial charge >= 0.3 is 0 Å². The van der Waals surface area contributed by atoms with Gasteiger partial charge in [-0.2, -0.15) is 0 Å². The Morgan fingerprint density at radius 3 is 2.45 bits per heavy atom. The summed E-state index contributed by atoms with van der Waals surface area (Å²) >= 11 is 6.00. The fourth-order valence-electron chi connectivity index (χ4n) is 3.36. The molecule has 116 valence electrons. The zero-order valence-electron chi connectivity index (χ0n) is 12.7. The molecule has 1 saturated heterocycles. The molecule has 1 aliphatic rings. The minimum Gasteiger partial charge on any atom is -0.396 e. The molecule has 1 heterocycles. The topological polar surface area (TPSA) is 23.5 Å². The summed E-state index contributed by atoms with van der Waals surface area (Å²) in [6.45, 7) is 3.27. The van der Waals surface area contributed by atoms with Gasteiger partial charge in [0.1, 0.15) is 0 Å². The predicted octanol–water partition coefficient (Wildman–Crippen LogP) is 3.94. The zero-order chi connectivity index (χ0) is 15.4. The smallest absolute Gasteiger partial charge is 0.0466 e. The van der Waals surface area contributed by atoms with Crippen molar-refractivity contribution < 1.29 is 5.11 Å². The van der Waals surface area contributed by atoms with E-state index in [0.29, 0.717) is 11.8 Å². The van der Waals surface area contributed by atoms with E-state index in [0.717, 1.165) is 31.1 Å². The lowest BCUT2D eigenvalue weighted by Gasteiger charge is -2.38. The second-order valence-electron chi connectivity index (χ2n) is 6.11. The van der Waals surface area contributed by atoms with E-state index in [1.54, 1.807) is 0 Å². The molecule has 1 aliphatic heterocycles. The summed E-state index contributed by atoms with van der Waals surface area (Å²) in [6.07, 6.45) is 1.04. The van der Waals surface area contributed by atoms with Gasteiger partial charge in [0.15, 0.2) is 0 Å². The normalized spacial score (nSPS) is 22.6. The molecule has 0 radical (unpaired) electrons. The summed E-state index contributed by atoms with van der Waals surface area (Å²) in [6, 6.07) is 18.7. The van der Waals surface area contributed by atoms with Crippen molar-refractivity contribution in [3.8, 4) is 0 Å². The van der Waals surface area contributed by atoms with Crippen LogP contribution in [0.2, 0.25) is 5.02 Å². The maximum atomic E-state index is 9.71. The van der Waals surface area contributed by atoms with Crippen LogP contribution < -0.4 is 0 Å². The van der Waals surface area contributed by atoms with Gasteiger partial charge in [-0.25, -0.2) is 0 Å². The minimum atomic E-state index is 0.256. The molecule has 3 rings (SSSR count). The molecular formula is C19H22ClNO. The molecule has 0 spiro atoms. The first-order valence-electron chi connectivity index (χ1n) is 7.89. The fraction of sp³-hybridized carbons (Fsp3) is 0.368. The van der Waals surface area contributed by atoms with Crippen LogP contribution in [0, 0.1) is 5.92 Å². The highest BCUT2D eigenvalue weighted by Gasteiger charge is 2.29. The quantitative estimate of drug-likeness (QED) is 0.924. The first-order valence-corrected chi connectivity index (χ1v) is 8.26. The number of hydrogen-bond donors (Lipinski definition) is 1. The van der Waals surface area contributed by atoms with Crippen molar-refractivity contribution in [1.29, 1.82) is 0 Å². The van der Waals surface area contributed by atoms with Crippen LogP contribution in [0.1, 0.15) is 23.5 Å². The number of nitrogens with zero attached hydrogens (tertiary/aromatic N) is 1. The zero-order valence-corrected chi connectivity index (χ0v) is 13.4. The number of rotatable bonds is 4. The standard InChI is InChI=1S/C19H22ClNO/c20-18-8-6-16(7-9-18)19-13-21(11-10-17(19)14-22)12-15-4-2-1-3-5-15/h1-9,17,19,22H,10-14H2/t17-,19-/m0/s1. The van der Waals surface area contributed by atoms with E-state index < -0.39 is 0 Å². The molecule has 2 aromatic rings. The Bertz CT molecular complexity index is 584. The number of halogens is 1. The lowest BCUT2D eigenvalue weighted by atomic mass is 9.81. The summed E-state index contributed by atoms with van der Waals surface area (Å²) in [5, 5.41) is 10.5. The van der Waals surface area contributed by atoms with E-state index in [4.69, 9.17) is 11.6 Å². The number of benzene rings is 2. The van der Waals surface area contributed by atoms with Gasteiger partial charge in [-0.15, -0.1) is 0 Å². The van der Waals surface area contributed by atoms with Gasteiger partial charge in [0.05, 0.1) is 0 Å². The number of aliphatic hydroxyl groups is 1. The Labute approximate surface area is 137 Å². The molecule has 2 nitrogen and oxygen atoms in total. The van der Waals surface area contributed by atoms with E-state index in [9.17, 15) is 5.11 Å². The van der Waals surface area contributed by atoms with Crippen molar-refractivity contribution >= 4 is 11.6 Å². The lowest BCUT2D eigenvalue weighted by molar-refractivity contribution is 0.105. The third kappa shape index (κ3) is 3.70. The van der Waals surface area contributed by atoms with Crippen molar-refractivity contribution in [2.24, 2.45) is 5.92 Å². The molecule has 2 aromatic carbocycles. The monoisotopic (exact) mass is 315 g/mol. The van der Waals surface area contributed by atoms with Gasteiger partial charge in [0.2, 0.25) is 0 Å². The molecular weight excluding hydrogens is 294 g/mol. The van der Waals surface area contributed by atoms with Crippen molar-refractivity contribution in [2.75, 3.05) is 19.7 Å². The second kappa shape index (κ2) is 7.28. The first kappa shape index (κ1) is 15.5. The molecule has 1 fully saturated rings. The fourth-order valence-corrected chi connectivity index (χ4v) is 3.49. The third-order valence-electron chi connectivity index (χ3n) is 4.62. The average molecular weight is 316 g/mol. The van der Waals surface area contributed by atoms with Crippen LogP contribution >= 0.6 is 11.6 Å². The molecule has 2 atom stereocenters. The van der Waals surface area contributed by atoms with Crippen LogP contribution in [0.4, 0.5) is 0 Å². The minimum absolute atomic E-state index is 0.256. The van der Waals surface area contributed by atoms with Gasteiger partial charge in [-0.1, -0.05) is 54.1 Å². The largest absolute Gasteiger partial charge is 0.396 e. The van der Waals surface area contributed by atoms with Gasteiger partial charge < -0.3 is 5.11 Å². The molecule has 3 heteroatoms. The van der Waals surface area contributed by atoms with E-state index in [2.05, 4.69) is 47.4 Å². The van der Waals surface area contributed by atoms with E-state index in [1.807, 2.05) is 12.1 Å². The summed E-state index contributed by atoms with van der Waals surface area (Å²) in [5.41, 5.74) is 2.63. The molecule has 1 N–H and O–H groups in total. The Balaban J connectivity index is 1.73. The third-order valence-corrected chi connectivity index (χ3v) is 4.87. The lowest BCUT2D eigenvalue weighted by Crippen LogP contribution is -2.40. The van der Waals surface area contributed by atoms with Crippen molar-refractivity contribution in [2.45, 2.75) is 18.9 Å². The van der Waals surface area contributed by atoms with Crippen LogP contribution in [0.15, 0.2) is 54.6 Å². The summed E-state index contributed by atoms with van der Waals surface area (Å²) in [4.78, 5) is 2.49. The highest BCUT2D eigenvalue weighted by atomic mass is 35.5. The molecule has 0 unspecified atom stereocenters. The Hall–Kier alpha value is -1.35. The number of likely N-dealkylation sites (tertiary alicyclic amines) is 1. The highest BCUT2D eigenvalue weighted by Crippen LogP contribution is 2.33. The van der Waals surface area contributed by atoms with Crippen molar-refractivity contribution in [3.63, 3.8) is 0 Å². The van der Waals surface area contributed by atoms with Gasteiger partial charge in [-0.05, 0) is 42.1 Å². The number of hydrogen-bond acceptors (Lipinski definition) is 2. The van der Waals surface area contributed by atoms with Gasteiger partial charge in [0.25, 0.3) is 0 Å². The van der Waals surface area contributed by atoms with Gasteiger partial charge in [-0.3, -0.25) is 4.90 Å². The second-order valence-corrected chi connectivity index (χ2v) is 6.55. The predicted molar refractivity (Wildman–Crippen MR) is 91.1 cm³/mol. The summed E-state index contributed by atoms with van der Waals surface area (Å²) in [7, 11) is 0. The van der Waals surface area contributed by atoms with Crippen molar-refractivity contribution in [1.82, 2.24) is 4.90 Å². The van der Waals surface area contributed by atoms with E-state index >= 15 is 0 Å². The van der Waals surface area contributed by atoms with Crippen LogP contribution in [0.3, 0.4) is 0 Å². The van der Waals surface area contributed by atoms with Crippen LogP contribution in [-0.2, 0) is 6.54 Å². The summed E-state index contributed by atoms with van der Waals surface area (Å²) < 4.78 is 0. The number of piperidine rings is 1. The molecule has 0 bridgehead atoms. The Morgan fingerprint density at radius 2 is 1.77 bits per heavy atom. The summed E-state index contributed by atoms with van der Waals surface area (Å²) in [5.74, 6) is 0.716. The highest BCUT2D eigenvalue weighted by molar-refractivity contribution is 6.30. The average Bonchev–Trinajstić information content (AvgIpc) is 2.56. The van der Waals surface area contributed by atoms with E-state index in [1.165, 1.54) is 11.1 Å². The molecule has 0 aliphatic carbocycles. The maximum absolute atomic E-state index is 9.71. The van der Waals surface area contributed by atoms with Crippen LogP contribution in [0.5, 0.6) is 0 Å². The first-order chi connectivity index (χ1) is 10.8. The molecule has 22 heavy (non-hydrogen) atoms. The van der Waals surface area contributed by atoms with Crippen LogP contribution in [-0.4, -0.2) is 29.7 Å². The Kier molecular flexibility index (Phi) is 5.14. The van der Waals surface area contributed by atoms with E-state index in [-0.39, 0.29) is 6.61 Å². The SMILES string of the molecule is OC[C@@H]1CCN(Cc2ccccc2)C[C@H]1c1ccc(Cl)cc1. The molecule has 0 saturated carbocycles. The Morgan fingerprint density at radius 1 is 1.05 bits per heavy atom. The van der Waals surface area contributed by atoms with Gasteiger partial charge in [0, 0.05) is 30.6 Å². The van der Waals surface area contributed by atoms with Crippen molar-refractivity contribution in [3.05, 3.63) is 70.7 Å². The maximum Gasteiger partial charge on any atom is 0.0466 e. The molecule has 0 aromatic heterocycles.